The molecular weight excluding hydrogens is 333 g/mol. The van der Waals surface area contributed by atoms with Crippen molar-refractivity contribution in [3.8, 4) is 11.8 Å². The average Bonchev–Trinajstić information content (AvgIpc) is 2.47. The van der Waals surface area contributed by atoms with E-state index in [1.54, 1.807) is 0 Å². The molecule has 2 nitrogen and oxygen atoms in total. The van der Waals surface area contributed by atoms with Crippen LogP contribution in [0.15, 0.2) is 46.9 Å². The lowest BCUT2D eigenvalue weighted by Crippen LogP contribution is -1.96. The Kier molecular flexibility index (Phi) is 5.94. The number of hydrogen-bond donors (Lipinski definition) is 1. The summed E-state index contributed by atoms with van der Waals surface area (Å²) in [5.41, 5.74) is 7.75. The van der Waals surface area contributed by atoms with Crippen molar-refractivity contribution in [1.29, 1.82) is 0 Å². The van der Waals surface area contributed by atoms with Crippen molar-refractivity contribution in [3.63, 3.8) is 0 Å². The third-order valence-corrected chi connectivity index (χ3v) is 3.27. The Balaban J connectivity index is 1.96. The van der Waals surface area contributed by atoms with E-state index < -0.39 is 0 Å². The molecule has 0 saturated carbocycles. The first-order valence-electron chi connectivity index (χ1n) is 6.48. The summed E-state index contributed by atoms with van der Waals surface area (Å²) in [5, 5.41) is 0. The molecule has 0 saturated heterocycles. The summed E-state index contributed by atoms with van der Waals surface area (Å²) in [6.45, 7) is 1.07. The lowest BCUT2D eigenvalue weighted by atomic mass is 10.1. The number of benzene rings is 2. The van der Waals surface area contributed by atoms with Gasteiger partial charge in [-0.15, -0.1) is 0 Å². The fourth-order valence-electron chi connectivity index (χ4n) is 1.83. The van der Waals surface area contributed by atoms with Crippen molar-refractivity contribution in [2.75, 3.05) is 6.54 Å². The molecule has 0 aliphatic rings. The van der Waals surface area contributed by atoms with Crippen LogP contribution in [-0.2, 0) is 18.0 Å². The molecule has 2 rings (SSSR count). The summed E-state index contributed by atoms with van der Waals surface area (Å²) in [6.07, 6.45) is 0. The molecule has 0 aliphatic carbocycles. The second-order valence-corrected chi connectivity index (χ2v) is 5.39. The summed E-state index contributed by atoms with van der Waals surface area (Å²) < 4.78 is 20.1. The average molecular weight is 348 g/mol. The standard InChI is InChI=1S/C17H15BrFNO/c18-16-5-3-13(4-6-16)11-21-12-15-8-14(2-1-7-20)9-17(19)10-15/h3-6,8-10H,7,11-12,20H2. The van der Waals surface area contributed by atoms with Gasteiger partial charge in [-0.05, 0) is 41.5 Å². The van der Waals surface area contributed by atoms with Crippen LogP contribution < -0.4 is 5.73 Å². The van der Waals surface area contributed by atoms with E-state index in [-0.39, 0.29) is 12.4 Å². The van der Waals surface area contributed by atoms with Gasteiger partial charge in [0.15, 0.2) is 0 Å². The van der Waals surface area contributed by atoms with Crippen molar-refractivity contribution in [2.45, 2.75) is 13.2 Å². The molecule has 0 aliphatic heterocycles. The largest absolute Gasteiger partial charge is 0.372 e. The molecule has 0 fully saturated rings. The van der Waals surface area contributed by atoms with Crippen LogP contribution in [0.3, 0.4) is 0 Å². The maximum absolute atomic E-state index is 13.5. The molecular formula is C17H15BrFNO. The van der Waals surface area contributed by atoms with Crippen molar-refractivity contribution in [3.05, 3.63) is 69.4 Å². The predicted octanol–water partition coefficient (Wildman–Crippen LogP) is 3.62. The number of nitrogens with two attached hydrogens (primary N) is 1. The summed E-state index contributed by atoms with van der Waals surface area (Å²) >= 11 is 3.38. The molecule has 0 radical (unpaired) electrons. The summed E-state index contributed by atoms with van der Waals surface area (Å²) in [7, 11) is 0. The highest BCUT2D eigenvalue weighted by Crippen LogP contribution is 2.13. The van der Waals surface area contributed by atoms with E-state index in [0.29, 0.717) is 18.8 Å². The number of hydrogen-bond acceptors (Lipinski definition) is 2. The van der Waals surface area contributed by atoms with Crippen molar-refractivity contribution >= 4 is 15.9 Å². The van der Waals surface area contributed by atoms with Crippen LogP contribution in [0.25, 0.3) is 0 Å². The van der Waals surface area contributed by atoms with Gasteiger partial charge in [-0.2, -0.15) is 0 Å². The molecule has 0 spiro atoms. The smallest absolute Gasteiger partial charge is 0.124 e. The van der Waals surface area contributed by atoms with E-state index in [0.717, 1.165) is 15.6 Å². The van der Waals surface area contributed by atoms with Crippen LogP contribution in [0.4, 0.5) is 4.39 Å². The van der Waals surface area contributed by atoms with Gasteiger partial charge in [0.1, 0.15) is 5.82 Å². The molecule has 0 atom stereocenters. The Labute approximate surface area is 132 Å². The van der Waals surface area contributed by atoms with E-state index in [1.165, 1.54) is 12.1 Å². The van der Waals surface area contributed by atoms with Crippen LogP contribution in [0, 0.1) is 17.7 Å². The minimum atomic E-state index is -0.318. The number of halogens is 2. The van der Waals surface area contributed by atoms with E-state index in [4.69, 9.17) is 10.5 Å². The van der Waals surface area contributed by atoms with E-state index in [2.05, 4.69) is 27.8 Å². The molecule has 0 amide bonds. The van der Waals surface area contributed by atoms with Crippen molar-refractivity contribution in [1.82, 2.24) is 0 Å². The highest BCUT2D eigenvalue weighted by atomic mass is 79.9. The first kappa shape index (κ1) is 15.7. The highest BCUT2D eigenvalue weighted by Gasteiger charge is 2.01. The predicted molar refractivity (Wildman–Crippen MR) is 85.0 cm³/mol. The molecule has 4 heteroatoms. The van der Waals surface area contributed by atoms with Gasteiger partial charge in [0.25, 0.3) is 0 Å². The summed E-state index contributed by atoms with van der Waals surface area (Å²) in [5.74, 6) is 5.22. The molecule has 2 aromatic rings. The fraction of sp³-hybridized carbons (Fsp3) is 0.176. The van der Waals surface area contributed by atoms with Crippen molar-refractivity contribution in [2.24, 2.45) is 5.73 Å². The monoisotopic (exact) mass is 347 g/mol. The molecule has 0 heterocycles. The Morgan fingerprint density at radius 2 is 1.76 bits per heavy atom. The normalized spacial score (nSPS) is 10.0. The second kappa shape index (κ2) is 7.94. The van der Waals surface area contributed by atoms with E-state index >= 15 is 0 Å². The van der Waals surface area contributed by atoms with Gasteiger partial charge in [0.05, 0.1) is 19.8 Å². The van der Waals surface area contributed by atoms with Gasteiger partial charge in [-0.3, -0.25) is 0 Å². The molecule has 21 heavy (non-hydrogen) atoms. The third-order valence-electron chi connectivity index (χ3n) is 2.74. The third kappa shape index (κ3) is 5.31. The number of rotatable bonds is 4. The fourth-order valence-corrected chi connectivity index (χ4v) is 2.09. The summed E-state index contributed by atoms with van der Waals surface area (Å²) in [6, 6.07) is 12.5. The van der Waals surface area contributed by atoms with E-state index in [1.807, 2.05) is 30.3 Å². The minimum Gasteiger partial charge on any atom is -0.372 e. The zero-order chi connectivity index (χ0) is 15.1. The van der Waals surface area contributed by atoms with Crippen LogP contribution in [0.2, 0.25) is 0 Å². The zero-order valence-electron chi connectivity index (χ0n) is 11.4. The molecule has 0 aromatic heterocycles. The van der Waals surface area contributed by atoms with Crippen molar-refractivity contribution < 1.29 is 9.13 Å². The second-order valence-electron chi connectivity index (χ2n) is 4.47. The van der Waals surface area contributed by atoms with Gasteiger partial charge in [0.2, 0.25) is 0 Å². The minimum absolute atomic E-state index is 0.256. The Morgan fingerprint density at radius 3 is 2.48 bits per heavy atom. The highest BCUT2D eigenvalue weighted by molar-refractivity contribution is 9.10. The first-order valence-corrected chi connectivity index (χ1v) is 7.27. The molecule has 0 bridgehead atoms. The maximum Gasteiger partial charge on any atom is 0.124 e. The SMILES string of the molecule is NCC#Cc1cc(F)cc(COCc2ccc(Br)cc2)c1. The zero-order valence-corrected chi connectivity index (χ0v) is 13.0. The first-order chi connectivity index (χ1) is 10.2. The van der Waals surface area contributed by atoms with Crippen LogP contribution >= 0.6 is 15.9 Å². The van der Waals surface area contributed by atoms with Gasteiger partial charge in [0, 0.05) is 10.0 Å². The van der Waals surface area contributed by atoms with Gasteiger partial charge < -0.3 is 10.5 Å². The number of ether oxygens (including phenoxy) is 1. The van der Waals surface area contributed by atoms with E-state index in [9.17, 15) is 4.39 Å². The molecule has 0 unspecified atom stereocenters. The Morgan fingerprint density at radius 1 is 1.05 bits per heavy atom. The Hall–Kier alpha value is -1.67. The molecule has 2 aromatic carbocycles. The van der Waals surface area contributed by atoms with Crippen LogP contribution in [-0.4, -0.2) is 6.54 Å². The topological polar surface area (TPSA) is 35.2 Å². The molecule has 2 N–H and O–H groups in total. The van der Waals surface area contributed by atoms with Gasteiger partial charge in [-0.25, -0.2) is 4.39 Å². The summed E-state index contributed by atoms with van der Waals surface area (Å²) in [4.78, 5) is 0. The lowest BCUT2D eigenvalue weighted by Gasteiger charge is -2.06. The quantitative estimate of drug-likeness (QED) is 0.857. The van der Waals surface area contributed by atoms with Gasteiger partial charge in [-0.1, -0.05) is 39.9 Å². The van der Waals surface area contributed by atoms with Crippen LogP contribution in [0.1, 0.15) is 16.7 Å². The Bertz CT molecular complexity index is 659. The maximum atomic E-state index is 13.5. The van der Waals surface area contributed by atoms with Crippen LogP contribution in [0.5, 0.6) is 0 Å². The molecule has 108 valence electrons. The lowest BCUT2D eigenvalue weighted by molar-refractivity contribution is 0.107. The van der Waals surface area contributed by atoms with Gasteiger partial charge >= 0.3 is 0 Å².